The van der Waals surface area contributed by atoms with Gasteiger partial charge in [-0.2, -0.15) is 0 Å². The van der Waals surface area contributed by atoms with Gasteiger partial charge >= 0.3 is 0 Å². The Labute approximate surface area is 93.0 Å². The summed E-state index contributed by atoms with van der Waals surface area (Å²) in [5.41, 5.74) is 6.47. The second-order valence-electron chi connectivity index (χ2n) is 3.32. The van der Waals surface area contributed by atoms with Crippen LogP contribution in [0.15, 0.2) is 30.3 Å². The van der Waals surface area contributed by atoms with Crippen molar-refractivity contribution in [1.82, 2.24) is 4.98 Å². The van der Waals surface area contributed by atoms with E-state index in [-0.39, 0.29) is 0 Å². The van der Waals surface area contributed by atoms with Gasteiger partial charge in [-0.3, -0.25) is 4.79 Å². The summed E-state index contributed by atoms with van der Waals surface area (Å²) in [6.45, 7) is 2.37. The predicted octanol–water partition coefficient (Wildman–Crippen LogP) is 1.73. The van der Waals surface area contributed by atoms with Crippen molar-refractivity contribution in [2.75, 3.05) is 6.61 Å². The number of amides is 1. The van der Waals surface area contributed by atoms with Gasteiger partial charge in [0.25, 0.3) is 0 Å². The average Bonchev–Trinajstić information content (AvgIpc) is 2.28. The molecule has 82 valence electrons. The van der Waals surface area contributed by atoms with Gasteiger partial charge in [-0.1, -0.05) is 18.2 Å². The van der Waals surface area contributed by atoms with Crippen molar-refractivity contribution in [3.8, 4) is 5.88 Å². The quantitative estimate of drug-likeness (QED) is 0.849. The van der Waals surface area contributed by atoms with E-state index in [1.807, 2.05) is 31.2 Å². The molecular formula is C12H12N2O2. The van der Waals surface area contributed by atoms with Crippen LogP contribution in [0, 0.1) is 0 Å². The number of benzene rings is 1. The molecule has 0 fully saturated rings. The van der Waals surface area contributed by atoms with Gasteiger partial charge in [0, 0.05) is 11.5 Å². The molecule has 2 N–H and O–H groups in total. The minimum Gasteiger partial charge on any atom is -0.478 e. The predicted molar refractivity (Wildman–Crippen MR) is 61.4 cm³/mol. The van der Waals surface area contributed by atoms with Crippen LogP contribution in [0.25, 0.3) is 10.9 Å². The lowest BCUT2D eigenvalue weighted by Crippen LogP contribution is -2.12. The maximum atomic E-state index is 11.3. The molecule has 1 aromatic heterocycles. The van der Waals surface area contributed by atoms with Crippen LogP contribution >= 0.6 is 0 Å². The first-order valence-corrected chi connectivity index (χ1v) is 5.04. The van der Waals surface area contributed by atoms with E-state index in [1.165, 1.54) is 0 Å². The highest BCUT2D eigenvalue weighted by atomic mass is 16.5. The van der Waals surface area contributed by atoms with Crippen molar-refractivity contribution in [3.05, 3.63) is 35.9 Å². The fourth-order valence-electron chi connectivity index (χ4n) is 1.58. The topological polar surface area (TPSA) is 65.2 Å². The van der Waals surface area contributed by atoms with Crippen LogP contribution < -0.4 is 10.5 Å². The SMILES string of the molecule is CCOc1cc(C(N)=O)c2ccccc2n1. The van der Waals surface area contributed by atoms with E-state index < -0.39 is 5.91 Å². The Morgan fingerprint density at radius 1 is 1.44 bits per heavy atom. The van der Waals surface area contributed by atoms with Crippen molar-refractivity contribution in [3.63, 3.8) is 0 Å². The Kier molecular flexibility index (Phi) is 2.72. The lowest BCUT2D eigenvalue weighted by Gasteiger charge is -2.07. The summed E-state index contributed by atoms with van der Waals surface area (Å²) >= 11 is 0. The molecule has 0 spiro atoms. The molecule has 0 radical (unpaired) electrons. The fourth-order valence-corrected chi connectivity index (χ4v) is 1.58. The van der Waals surface area contributed by atoms with E-state index in [4.69, 9.17) is 10.5 Å². The van der Waals surface area contributed by atoms with Gasteiger partial charge in [-0.15, -0.1) is 0 Å². The van der Waals surface area contributed by atoms with Gasteiger partial charge in [0.2, 0.25) is 11.8 Å². The second kappa shape index (κ2) is 4.18. The minimum atomic E-state index is -0.473. The highest BCUT2D eigenvalue weighted by Crippen LogP contribution is 2.21. The summed E-state index contributed by atoms with van der Waals surface area (Å²) in [7, 11) is 0. The van der Waals surface area contributed by atoms with Crippen LogP contribution in [-0.2, 0) is 0 Å². The molecule has 0 saturated heterocycles. The number of carbonyl (C=O) groups is 1. The molecule has 16 heavy (non-hydrogen) atoms. The molecule has 0 aliphatic heterocycles. The van der Waals surface area contributed by atoms with E-state index >= 15 is 0 Å². The zero-order valence-corrected chi connectivity index (χ0v) is 8.93. The molecule has 0 bridgehead atoms. The van der Waals surface area contributed by atoms with Crippen molar-refractivity contribution in [2.24, 2.45) is 5.73 Å². The molecule has 2 rings (SSSR count). The molecule has 4 heteroatoms. The van der Waals surface area contributed by atoms with E-state index in [0.29, 0.717) is 23.6 Å². The smallest absolute Gasteiger partial charge is 0.249 e. The Bertz CT molecular complexity index is 538. The third-order valence-corrected chi connectivity index (χ3v) is 2.25. The van der Waals surface area contributed by atoms with E-state index in [9.17, 15) is 4.79 Å². The van der Waals surface area contributed by atoms with Crippen molar-refractivity contribution in [2.45, 2.75) is 6.92 Å². The number of hydrogen-bond acceptors (Lipinski definition) is 3. The number of para-hydroxylation sites is 1. The van der Waals surface area contributed by atoms with Crippen molar-refractivity contribution >= 4 is 16.8 Å². The van der Waals surface area contributed by atoms with Gasteiger partial charge in [-0.05, 0) is 13.0 Å². The van der Waals surface area contributed by atoms with Crippen molar-refractivity contribution in [1.29, 1.82) is 0 Å². The third-order valence-electron chi connectivity index (χ3n) is 2.25. The highest BCUT2D eigenvalue weighted by molar-refractivity contribution is 6.05. The first-order valence-electron chi connectivity index (χ1n) is 5.04. The van der Waals surface area contributed by atoms with Crippen LogP contribution in [0.5, 0.6) is 5.88 Å². The molecule has 0 saturated carbocycles. The fraction of sp³-hybridized carbons (Fsp3) is 0.167. The molecule has 2 aromatic rings. The Morgan fingerprint density at radius 3 is 2.88 bits per heavy atom. The number of aromatic nitrogens is 1. The Hall–Kier alpha value is -2.10. The monoisotopic (exact) mass is 216 g/mol. The summed E-state index contributed by atoms with van der Waals surface area (Å²) in [5, 5.41) is 0.749. The first-order chi connectivity index (χ1) is 7.72. The number of rotatable bonds is 3. The minimum absolute atomic E-state index is 0.426. The van der Waals surface area contributed by atoms with Gasteiger partial charge in [0.05, 0.1) is 17.7 Å². The summed E-state index contributed by atoms with van der Waals surface area (Å²) in [4.78, 5) is 15.6. The van der Waals surface area contributed by atoms with Crippen LogP contribution in [0.4, 0.5) is 0 Å². The Morgan fingerprint density at radius 2 is 2.19 bits per heavy atom. The molecule has 1 aromatic carbocycles. The van der Waals surface area contributed by atoms with E-state index in [1.54, 1.807) is 6.07 Å². The molecule has 4 nitrogen and oxygen atoms in total. The summed E-state index contributed by atoms with van der Waals surface area (Å²) in [6, 6.07) is 8.92. The molecule has 0 aliphatic carbocycles. The zero-order valence-electron chi connectivity index (χ0n) is 8.93. The number of ether oxygens (including phenoxy) is 1. The van der Waals surface area contributed by atoms with Gasteiger partial charge in [0.1, 0.15) is 0 Å². The maximum Gasteiger partial charge on any atom is 0.249 e. The van der Waals surface area contributed by atoms with Crippen LogP contribution in [0.3, 0.4) is 0 Å². The second-order valence-corrected chi connectivity index (χ2v) is 3.32. The normalized spacial score (nSPS) is 10.3. The lowest BCUT2D eigenvalue weighted by atomic mass is 10.1. The molecule has 0 aliphatic rings. The highest BCUT2D eigenvalue weighted by Gasteiger charge is 2.10. The number of hydrogen-bond donors (Lipinski definition) is 1. The number of nitrogens with two attached hydrogens (primary N) is 1. The van der Waals surface area contributed by atoms with E-state index in [2.05, 4.69) is 4.98 Å². The molecule has 1 amide bonds. The average molecular weight is 216 g/mol. The number of pyridine rings is 1. The summed E-state index contributed by atoms with van der Waals surface area (Å²) in [6.07, 6.45) is 0. The lowest BCUT2D eigenvalue weighted by molar-refractivity contribution is 0.100. The van der Waals surface area contributed by atoms with Crippen LogP contribution in [-0.4, -0.2) is 17.5 Å². The largest absolute Gasteiger partial charge is 0.478 e. The number of fused-ring (bicyclic) bond motifs is 1. The molecular weight excluding hydrogens is 204 g/mol. The van der Waals surface area contributed by atoms with E-state index in [0.717, 1.165) is 5.39 Å². The first kappa shape index (κ1) is 10.4. The summed E-state index contributed by atoms with van der Waals surface area (Å²) < 4.78 is 5.29. The van der Waals surface area contributed by atoms with Crippen LogP contribution in [0.2, 0.25) is 0 Å². The number of primary amides is 1. The van der Waals surface area contributed by atoms with Crippen molar-refractivity contribution < 1.29 is 9.53 Å². The molecule has 0 atom stereocenters. The molecule has 0 unspecified atom stereocenters. The zero-order chi connectivity index (χ0) is 11.5. The van der Waals surface area contributed by atoms with Crippen LogP contribution in [0.1, 0.15) is 17.3 Å². The van der Waals surface area contributed by atoms with Gasteiger partial charge in [0.15, 0.2) is 0 Å². The number of carbonyl (C=O) groups excluding carboxylic acids is 1. The third kappa shape index (κ3) is 1.82. The standard InChI is InChI=1S/C12H12N2O2/c1-2-16-11-7-9(12(13)15)8-5-3-4-6-10(8)14-11/h3-7H,2H2,1H3,(H2,13,15). The van der Waals surface area contributed by atoms with Gasteiger partial charge in [-0.25, -0.2) is 4.98 Å². The Balaban J connectivity index is 2.68. The maximum absolute atomic E-state index is 11.3. The van der Waals surface area contributed by atoms with Gasteiger partial charge < -0.3 is 10.5 Å². The molecule has 1 heterocycles. The summed E-state index contributed by atoms with van der Waals surface area (Å²) in [5.74, 6) is -0.0467. The number of nitrogens with zero attached hydrogens (tertiary/aromatic N) is 1.